The molecule has 1 N–H and O–H groups in total. The van der Waals surface area contributed by atoms with Crippen LogP contribution in [0, 0.1) is 5.92 Å². The Morgan fingerprint density at radius 2 is 1.46 bits per heavy atom. The van der Waals surface area contributed by atoms with E-state index in [-0.39, 0.29) is 0 Å². The van der Waals surface area contributed by atoms with Crippen molar-refractivity contribution in [3.05, 3.63) is 30.3 Å². The second kappa shape index (κ2) is 12.6. The zero-order valence-corrected chi connectivity index (χ0v) is 14.7. The van der Waals surface area contributed by atoms with Crippen molar-refractivity contribution in [2.24, 2.45) is 5.92 Å². The minimum Gasteiger partial charge on any atom is -0.481 e. The van der Waals surface area contributed by atoms with Gasteiger partial charge in [0, 0.05) is 0 Å². The molecule has 4 nitrogen and oxygen atoms in total. The molecule has 134 valence electrons. The fourth-order valence-electron chi connectivity index (χ4n) is 2.68. The Bertz CT molecular complexity index is 470. The summed E-state index contributed by atoms with van der Waals surface area (Å²) in [7, 11) is 0. The molecule has 0 aliphatic heterocycles. The van der Waals surface area contributed by atoms with Gasteiger partial charge < -0.3 is 9.84 Å². The Labute approximate surface area is 145 Å². The standard InChI is InChI=1S/C20H30O4/c1-2-3-4-5-6-7-8-9-13-16-18(19(21)22)20(23)24-17-14-11-10-12-15-17/h10-12,14-15,18H,2-9,13,16H2,1H3,(H,21,22). The van der Waals surface area contributed by atoms with Gasteiger partial charge in [0.25, 0.3) is 0 Å². The molecule has 0 radical (unpaired) electrons. The Hall–Kier alpha value is -1.84. The van der Waals surface area contributed by atoms with Crippen LogP contribution in [0.25, 0.3) is 0 Å². The number of carboxylic acids is 1. The molecule has 0 spiro atoms. The van der Waals surface area contributed by atoms with E-state index in [1.54, 1.807) is 24.3 Å². The monoisotopic (exact) mass is 334 g/mol. The van der Waals surface area contributed by atoms with Crippen LogP contribution in [-0.2, 0) is 9.59 Å². The van der Waals surface area contributed by atoms with Gasteiger partial charge in [-0.05, 0) is 18.6 Å². The third-order valence-corrected chi connectivity index (χ3v) is 4.14. The summed E-state index contributed by atoms with van der Waals surface area (Å²) < 4.78 is 5.15. The fourth-order valence-corrected chi connectivity index (χ4v) is 2.68. The van der Waals surface area contributed by atoms with Crippen molar-refractivity contribution >= 4 is 11.9 Å². The van der Waals surface area contributed by atoms with Crippen molar-refractivity contribution in [3.63, 3.8) is 0 Å². The number of rotatable bonds is 13. The molecular weight excluding hydrogens is 304 g/mol. The number of aliphatic carboxylic acids is 1. The minimum atomic E-state index is -1.10. The first-order valence-corrected chi connectivity index (χ1v) is 9.14. The average molecular weight is 334 g/mol. The van der Waals surface area contributed by atoms with Crippen molar-refractivity contribution in [1.29, 1.82) is 0 Å². The van der Waals surface area contributed by atoms with E-state index in [4.69, 9.17) is 4.74 Å². The zero-order valence-electron chi connectivity index (χ0n) is 14.7. The molecule has 1 aromatic rings. The van der Waals surface area contributed by atoms with Crippen LogP contribution in [0.4, 0.5) is 0 Å². The quantitative estimate of drug-likeness (QED) is 0.233. The number of carbonyl (C=O) groups excluding carboxylic acids is 1. The summed E-state index contributed by atoms with van der Waals surface area (Å²) in [5.74, 6) is -2.46. The fraction of sp³-hybridized carbons (Fsp3) is 0.600. The van der Waals surface area contributed by atoms with Crippen LogP contribution in [0.3, 0.4) is 0 Å². The predicted octanol–water partition coefficient (Wildman–Crippen LogP) is 5.21. The predicted molar refractivity (Wildman–Crippen MR) is 95.0 cm³/mol. The number of hydrogen-bond donors (Lipinski definition) is 1. The van der Waals surface area contributed by atoms with E-state index in [0.717, 1.165) is 19.3 Å². The van der Waals surface area contributed by atoms with Crippen molar-refractivity contribution in [1.82, 2.24) is 0 Å². The molecule has 1 aromatic carbocycles. The number of carbonyl (C=O) groups is 2. The first-order chi connectivity index (χ1) is 11.6. The molecule has 0 aromatic heterocycles. The van der Waals surface area contributed by atoms with Crippen LogP contribution >= 0.6 is 0 Å². The van der Waals surface area contributed by atoms with E-state index < -0.39 is 17.9 Å². The number of carboxylic acid groups (broad SMARTS) is 1. The van der Waals surface area contributed by atoms with E-state index in [0.29, 0.717) is 12.2 Å². The molecule has 0 saturated carbocycles. The van der Waals surface area contributed by atoms with Crippen molar-refractivity contribution in [3.8, 4) is 5.75 Å². The summed E-state index contributed by atoms with van der Waals surface area (Å²) in [5.41, 5.74) is 0. The van der Waals surface area contributed by atoms with Gasteiger partial charge in [-0.25, -0.2) is 0 Å². The van der Waals surface area contributed by atoms with E-state index in [2.05, 4.69) is 6.92 Å². The lowest BCUT2D eigenvalue weighted by molar-refractivity contribution is -0.153. The van der Waals surface area contributed by atoms with Gasteiger partial charge in [-0.3, -0.25) is 9.59 Å². The molecule has 1 unspecified atom stereocenters. The zero-order chi connectivity index (χ0) is 17.6. The van der Waals surface area contributed by atoms with Gasteiger partial charge in [-0.15, -0.1) is 0 Å². The van der Waals surface area contributed by atoms with Crippen LogP contribution in [0.5, 0.6) is 5.75 Å². The smallest absolute Gasteiger partial charge is 0.325 e. The number of benzene rings is 1. The Kier molecular flexibility index (Phi) is 10.6. The molecule has 1 rings (SSSR count). The number of para-hydroxylation sites is 1. The number of unbranched alkanes of at least 4 members (excludes halogenated alkanes) is 8. The van der Waals surface area contributed by atoms with Crippen molar-refractivity contribution < 1.29 is 19.4 Å². The summed E-state index contributed by atoms with van der Waals surface area (Å²) >= 11 is 0. The normalized spacial score (nSPS) is 11.9. The maximum atomic E-state index is 12.0. The second-order valence-corrected chi connectivity index (χ2v) is 6.24. The molecule has 0 amide bonds. The van der Waals surface area contributed by atoms with Crippen LogP contribution < -0.4 is 4.74 Å². The summed E-state index contributed by atoms with van der Waals surface area (Å²) in [5, 5.41) is 9.24. The first kappa shape index (κ1) is 20.2. The van der Waals surface area contributed by atoms with Crippen LogP contribution in [0.1, 0.15) is 71.1 Å². The highest BCUT2D eigenvalue weighted by Crippen LogP contribution is 2.17. The molecule has 4 heteroatoms. The lowest BCUT2D eigenvalue weighted by Gasteiger charge is -2.11. The van der Waals surface area contributed by atoms with Gasteiger partial charge in [0.05, 0.1) is 0 Å². The van der Waals surface area contributed by atoms with Gasteiger partial charge in [0.15, 0.2) is 5.92 Å². The van der Waals surface area contributed by atoms with Gasteiger partial charge in [0.2, 0.25) is 0 Å². The SMILES string of the molecule is CCCCCCCCCCCC(C(=O)O)C(=O)Oc1ccccc1. The molecule has 0 aliphatic rings. The Morgan fingerprint density at radius 3 is 2.00 bits per heavy atom. The third kappa shape index (κ3) is 8.70. The summed E-state index contributed by atoms with van der Waals surface area (Å²) in [4.78, 5) is 23.3. The molecule has 0 heterocycles. The maximum absolute atomic E-state index is 12.0. The van der Waals surface area contributed by atoms with Crippen LogP contribution in [0.15, 0.2) is 30.3 Å². The lowest BCUT2D eigenvalue weighted by atomic mass is 10.00. The molecule has 0 aliphatic carbocycles. The second-order valence-electron chi connectivity index (χ2n) is 6.24. The molecule has 1 atom stereocenters. The Balaban J connectivity index is 2.21. The van der Waals surface area contributed by atoms with Crippen molar-refractivity contribution in [2.75, 3.05) is 0 Å². The van der Waals surface area contributed by atoms with Crippen LogP contribution in [0.2, 0.25) is 0 Å². The van der Waals surface area contributed by atoms with Gasteiger partial charge in [0.1, 0.15) is 5.75 Å². The van der Waals surface area contributed by atoms with Crippen LogP contribution in [-0.4, -0.2) is 17.0 Å². The number of ether oxygens (including phenoxy) is 1. The van der Waals surface area contributed by atoms with Crippen molar-refractivity contribution in [2.45, 2.75) is 71.1 Å². The Morgan fingerprint density at radius 1 is 0.917 bits per heavy atom. The first-order valence-electron chi connectivity index (χ1n) is 9.14. The summed E-state index contributed by atoms with van der Waals surface area (Å²) in [6.45, 7) is 2.21. The largest absolute Gasteiger partial charge is 0.481 e. The topological polar surface area (TPSA) is 63.6 Å². The van der Waals surface area contributed by atoms with E-state index in [9.17, 15) is 14.7 Å². The summed E-state index contributed by atoms with van der Waals surface area (Å²) in [6.07, 6.45) is 10.8. The van der Waals surface area contributed by atoms with E-state index in [1.807, 2.05) is 6.07 Å². The molecule has 0 bridgehead atoms. The number of hydrogen-bond acceptors (Lipinski definition) is 3. The van der Waals surface area contributed by atoms with E-state index >= 15 is 0 Å². The number of esters is 1. The highest BCUT2D eigenvalue weighted by Gasteiger charge is 2.27. The van der Waals surface area contributed by atoms with E-state index in [1.165, 1.54) is 38.5 Å². The minimum absolute atomic E-state index is 0.344. The summed E-state index contributed by atoms with van der Waals surface area (Å²) in [6, 6.07) is 8.61. The molecule has 0 fully saturated rings. The maximum Gasteiger partial charge on any atom is 0.325 e. The lowest BCUT2D eigenvalue weighted by Crippen LogP contribution is -2.28. The molecule has 0 saturated heterocycles. The highest BCUT2D eigenvalue weighted by atomic mass is 16.5. The third-order valence-electron chi connectivity index (χ3n) is 4.14. The highest BCUT2D eigenvalue weighted by molar-refractivity contribution is 5.94. The molecular formula is C20H30O4. The average Bonchev–Trinajstić information content (AvgIpc) is 2.57. The van der Waals surface area contributed by atoms with Gasteiger partial charge in [-0.1, -0.05) is 82.9 Å². The van der Waals surface area contributed by atoms with Gasteiger partial charge >= 0.3 is 11.9 Å². The van der Waals surface area contributed by atoms with Gasteiger partial charge in [-0.2, -0.15) is 0 Å². The molecule has 24 heavy (non-hydrogen) atoms.